The summed E-state index contributed by atoms with van der Waals surface area (Å²) in [5.74, 6) is -1.17. The average Bonchev–Trinajstić information content (AvgIpc) is 2.48. The highest BCUT2D eigenvalue weighted by Crippen LogP contribution is 2.15. The largest absolute Gasteiger partial charge is 0.333 e. The number of carbonyl (C=O) groups excluding carboxylic acids is 3. The molecule has 5 nitrogen and oxygen atoms in total. The van der Waals surface area contributed by atoms with Gasteiger partial charge in [0.2, 0.25) is 0 Å². The Bertz CT molecular complexity index is 648. The molecule has 0 atom stereocenters. The predicted molar refractivity (Wildman–Crippen MR) is 79.2 cm³/mol. The van der Waals surface area contributed by atoms with Gasteiger partial charge in [0.1, 0.15) is 5.57 Å². The Balaban J connectivity index is 2.28. The number of rotatable bonds is 2. The van der Waals surface area contributed by atoms with Crippen LogP contribution >= 0.6 is 0 Å². The predicted octanol–water partition coefficient (Wildman–Crippen LogP) is 1.99. The monoisotopic (exact) mass is 284 g/mol. The molecule has 1 fully saturated rings. The van der Waals surface area contributed by atoms with E-state index < -0.39 is 17.8 Å². The molecular formula is C16H16N2O3. The van der Waals surface area contributed by atoms with E-state index in [0.29, 0.717) is 0 Å². The van der Waals surface area contributed by atoms with Crippen molar-refractivity contribution < 1.29 is 14.4 Å². The van der Waals surface area contributed by atoms with E-state index in [1.54, 1.807) is 6.08 Å². The normalized spacial score (nSPS) is 16.1. The van der Waals surface area contributed by atoms with E-state index in [-0.39, 0.29) is 5.57 Å². The first-order valence-electron chi connectivity index (χ1n) is 6.47. The topological polar surface area (TPSA) is 57.7 Å². The van der Waals surface area contributed by atoms with E-state index in [4.69, 9.17) is 0 Å². The maximum absolute atomic E-state index is 12.0. The molecule has 1 aliphatic heterocycles. The molecule has 108 valence electrons. The summed E-state index contributed by atoms with van der Waals surface area (Å²) in [6, 6.07) is 7.15. The minimum absolute atomic E-state index is 0.0237. The molecule has 4 amide bonds. The van der Waals surface area contributed by atoms with Gasteiger partial charge in [-0.3, -0.25) is 19.4 Å². The number of hydrogen-bond acceptors (Lipinski definition) is 3. The number of hydrogen-bond donors (Lipinski definition) is 0. The lowest BCUT2D eigenvalue weighted by atomic mass is 10.1. The van der Waals surface area contributed by atoms with Crippen LogP contribution in [0.2, 0.25) is 0 Å². The summed E-state index contributed by atoms with van der Waals surface area (Å²) in [7, 11) is 2.71. The highest BCUT2D eigenvalue weighted by molar-refractivity contribution is 6.28. The number of amides is 4. The maximum atomic E-state index is 12.0. The molecule has 21 heavy (non-hydrogen) atoms. The van der Waals surface area contributed by atoms with Crippen LogP contribution in [-0.2, 0) is 9.59 Å². The Hall–Kier alpha value is -2.69. The second-order valence-electron chi connectivity index (χ2n) is 4.81. The molecule has 0 aliphatic carbocycles. The van der Waals surface area contributed by atoms with Gasteiger partial charge >= 0.3 is 6.03 Å². The van der Waals surface area contributed by atoms with Gasteiger partial charge in [0.25, 0.3) is 11.8 Å². The second kappa shape index (κ2) is 5.75. The van der Waals surface area contributed by atoms with E-state index in [1.807, 2.05) is 37.3 Å². The summed E-state index contributed by atoms with van der Waals surface area (Å²) < 4.78 is 0. The van der Waals surface area contributed by atoms with Crippen LogP contribution in [0.3, 0.4) is 0 Å². The number of urea groups is 1. The van der Waals surface area contributed by atoms with Gasteiger partial charge in [-0.15, -0.1) is 0 Å². The molecule has 1 aromatic rings. The first-order valence-corrected chi connectivity index (χ1v) is 6.47. The van der Waals surface area contributed by atoms with Gasteiger partial charge in [-0.2, -0.15) is 0 Å². The third-order valence-electron chi connectivity index (χ3n) is 3.37. The Morgan fingerprint density at radius 2 is 1.52 bits per heavy atom. The zero-order valence-corrected chi connectivity index (χ0v) is 12.2. The molecule has 1 aromatic carbocycles. The van der Waals surface area contributed by atoms with Gasteiger partial charge < -0.3 is 0 Å². The minimum atomic E-state index is -0.620. The quantitative estimate of drug-likeness (QED) is 0.616. The summed E-state index contributed by atoms with van der Waals surface area (Å²) in [6.45, 7) is 1.98. The molecule has 5 heteroatoms. The third kappa shape index (κ3) is 2.76. The van der Waals surface area contributed by atoms with Gasteiger partial charge in [-0.25, -0.2) is 4.79 Å². The van der Waals surface area contributed by atoms with Crippen molar-refractivity contribution in [3.8, 4) is 0 Å². The van der Waals surface area contributed by atoms with Crippen molar-refractivity contribution >= 4 is 23.9 Å². The van der Waals surface area contributed by atoms with Crippen LogP contribution in [0.5, 0.6) is 0 Å². The molecule has 0 spiro atoms. The van der Waals surface area contributed by atoms with Crippen molar-refractivity contribution in [3.63, 3.8) is 0 Å². The standard InChI is InChI=1S/C16H16N2O3/c1-11-7-4-5-8-12(11)9-6-10-13-14(19)17(2)16(21)18(3)15(13)20/h4-10H,1-3H3/b9-6+. The number of barbiturate groups is 1. The second-order valence-corrected chi connectivity index (χ2v) is 4.81. The Labute approximate surface area is 123 Å². The number of allylic oxidation sites excluding steroid dienone is 2. The fourth-order valence-electron chi connectivity index (χ4n) is 2.02. The van der Waals surface area contributed by atoms with Gasteiger partial charge in [0, 0.05) is 14.1 Å². The van der Waals surface area contributed by atoms with Crippen molar-refractivity contribution in [2.24, 2.45) is 0 Å². The van der Waals surface area contributed by atoms with Crippen LogP contribution < -0.4 is 0 Å². The van der Waals surface area contributed by atoms with Crippen molar-refractivity contribution in [3.05, 3.63) is 53.1 Å². The number of carbonyl (C=O) groups is 3. The fraction of sp³-hybridized carbons (Fsp3) is 0.188. The van der Waals surface area contributed by atoms with Gasteiger partial charge in [-0.05, 0) is 24.1 Å². The molecular weight excluding hydrogens is 268 g/mol. The maximum Gasteiger partial charge on any atom is 0.333 e. The molecule has 1 heterocycles. The lowest BCUT2D eigenvalue weighted by molar-refractivity contribution is -0.134. The Morgan fingerprint density at radius 1 is 0.952 bits per heavy atom. The van der Waals surface area contributed by atoms with E-state index in [2.05, 4.69) is 0 Å². The van der Waals surface area contributed by atoms with Gasteiger partial charge in [0.05, 0.1) is 0 Å². The van der Waals surface area contributed by atoms with Crippen molar-refractivity contribution in [2.75, 3.05) is 14.1 Å². The number of nitrogens with zero attached hydrogens (tertiary/aromatic N) is 2. The summed E-state index contributed by atoms with van der Waals surface area (Å²) in [4.78, 5) is 37.4. The molecule has 2 rings (SSSR count). The van der Waals surface area contributed by atoms with Crippen LogP contribution in [0.1, 0.15) is 11.1 Å². The minimum Gasteiger partial charge on any atom is -0.268 e. The highest BCUT2D eigenvalue weighted by atomic mass is 16.2. The molecule has 0 bridgehead atoms. The molecule has 0 radical (unpaired) electrons. The van der Waals surface area contributed by atoms with Crippen molar-refractivity contribution in [1.82, 2.24) is 9.80 Å². The van der Waals surface area contributed by atoms with Crippen LogP contribution in [0, 0.1) is 6.92 Å². The van der Waals surface area contributed by atoms with E-state index in [0.717, 1.165) is 20.9 Å². The number of imide groups is 2. The van der Waals surface area contributed by atoms with E-state index >= 15 is 0 Å². The first kappa shape index (κ1) is 14.7. The molecule has 0 unspecified atom stereocenters. The number of likely N-dealkylation sites (N-methyl/N-ethyl adjacent to an activating group) is 2. The highest BCUT2D eigenvalue weighted by Gasteiger charge is 2.37. The Morgan fingerprint density at radius 3 is 2.10 bits per heavy atom. The molecule has 0 aromatic heterocycles. The molecule has 1 saturated heterocycles. The van der Waals surface area contributed by atoms with E-state index in [1.165, 1.54) is 20.2 Å². The van der Waals surface area contributed by atoms with Crippen LogP contribution in [0.15, 0.2) is 42.0 Å². The average molecular weight is 284 g/mol. The zero-order chi connectivity index (χ0) is 15.6. The van der Waals surface area contributed by atoms with Gasteiger partial charge in [0.15, 0.2) is 0 Å². The van der Waals surface area contributed by atoms with Crippen molar-refractivity contribution in [2.45, 2.75) is 6.92 Å². The third-order valence-corrected chi connectivity index (χ3v) is 3.37. The van der Waals surface area contributed by atoms with Crippen molar-refractivity contribution in [1.29, 1.82) is 0 Å². The molecule has 0 saturated carbocycles. The smallest absolute Gasteiger partial charge is 0.268 e. The zero-order valence-electron chi connectivity index (χ0n) is 12.2. The Kier molecular flexibility index (Phi) is 4.03. The van der Waals surface area contributed by atoms with Gasteiger partial charge in [-0.1, -0.05) is 36.4 Å². The van der Waals surface area contributed by atoms with Crippen LogP contribution in [0.25, 0.3) is 6.08 Å². The molecule has 0 N–H and O–H groups in total. The summed E-state index contributed by atoms with van der Waals surface area (Å²) in [6.07, 6.45) is 4.90. The summed E-state index contributed by atoms with van der Waals surface area (Å²) >= 11 is 0. The summed E-state index contributed by atoms with van der Waals surface area (Å²) in [5.41, 5.74) is 2.07. The fourth-order valence-corrected chi connectivity index (χ4v) is 2.02. The first-order chi connectivity index (χ1) is 9.93. The van der Waals surface area contributed by atoms with E-state index in [9.17, 15) is 14.4 Å². The van der Waals surface area contributed by atoms with Crippen LogP contribution in [-0.4, -0.2) is 41.7 Å². The molecule has 1 aliphatic rings. The lowest BCUT2D eigenvalue weighted by Crippen LogP contribution is -2.52. The number of aryl methyl sites for hydroxylation is 1. The summed E-state index contributed by atoms with van der Waals surface area (Å²) in [5, 5.41) is 0. The van der Waals surface area contributed by atoms with Crippen LogP contribution in [0.4, 0.5) is 4.79 Å². The number of benzene rings is 1. The SMILES string of the molecule is Cc1ccccc1/C=C/C=C1C(=O)N(C)C(=O)N(C)C1=O. The lowest BCUT2D eigenvalue weighted by Gasteiger charge is -2.28.